The molecule has 1 N–H and O–H groups in total. The minimum atomic E-state index is -4.29. The molecule has 0 radical (unpaired) electrons. The van der Waals surface area contributed by atoms with E-state index in [9.17, 15) is 14.3 Å². The lowest BCUT2D eigenvalue weighted by atomic mass is 10.1. The van der Waals surface area contributed by atoms with Crippen molar-refractivity contribution in [1.29, 1.82) is 0 Å². The first-order chi connectivity index (χ1) is 30.6. The summed E-state index contributed by atoms with van der Waals surface area (Å²) in [7, 11) is 1.66. The zero-order valence-electron chi connectivity index (χ0n) is 42.1. The molecular formula is C54H103NO7P+. The number of phosphoric acid groups is 1. The fourth-order valence-corrected chi connectivity index (χ4v) is 8.00. The Balaban J connectivity index is 4.15. The molecule has 0 spiro atoms. The predicted molar refractivity (Wildman–Crippen MR) is 270 cm³/mol. The molecule has 0 saturated heterocycles. The number of likely N-dealkylation sites (N-methyl/N-ethyl adjacent to an activating group) is 1. The molecule has 0 bridgehead atoms. The van der Waals surface area contributed by atoms with E-state index in [0.717, 1.165) is 57.8 Å². The highest BCUT2D eigenvalue weighted by atomic mass is 31.2. The van der Waals surface area contributed by atoms with Gasteiger partial charge in [0.05, 0.1) is 34.4 Å². The molecule has 0 aliphatic carbocycles. The highest BCUT2D eigenvalue weighted by Gasteiger charge is 2.26. The monoisotopic (exact) mass is 909 g/mol. The van der Waals surface area contributed by atoms with Gasteiger partial charge < -0.3 is 18.9 Å². The maximum absolute atomic E-state index is 12.8. The van der Waals surface area contributed by atoms with E-state index in [1.807, 2.05) is 21.1 Å². The number of hydrogen-bond acceptors (Lipinski definition) is 6. The Kier molecular flexibility index (Phi) is 45.8. The summed E-state index contributed by atoms with van der Waals surface area (Å²) in [6.45, 7) is 5.60. The molecule has 0 amide bonds. The first-order valence-electron chi connectivity index (χ1n) is 26.4. The molecule has 2 unspecified atom stereocenters. The van der Waals surface area contributed by atoms with Crippen LogP contribution in [0.2, 0.25) is 0 Å². The number of allylic oxidation sites excluding steroid dienone is 8. The Hall–Kier alpha value is -1.54. The number of esters is 1. The van der Waals surface area contributed by atoms with Crippen LogP contribution in [-0.4, -0.2) is 75.6 Å². The van der Waals surface area contributed by atoms with Gasteiger partial charge in [0, 0.05) is 13.0 Å². The largest absolute Gasteiger partial charge is 0.472 e. The van der Waals surface area contributed by atoms with Crippen molar-refractivity contribution >= 4 is 13.8 Å². The highest BCUT2D eigenvalue weighted by Crippen LogP contribution is 2.43. The second-order valence-corrected chi connectivity index (χ2v) is 20.4. The van der Waals surface area contributed by atoms with Crippen LogP contribution in [0.3, 0.4) is 0 Å². The van der Waals surface area contributed by atoms with Crippen LogP contribution in [0.5, 0.6) is 0 Å². The highest BCUT2D eigenvalue weighted by molar-refractivity contribution is 7.47. The lowest BCUT2D eigenvalue weighted by Crippen LogP contribution is -2.37. The Morgan fingerprint density at radius 3 is 1.35 bits per heavy atom. The molecule has 0 fully saturated rings. The van der Waals surface area contributed by atoms with E-state index < -0.39 is 13.9 Å². The normalized spacial score (nSPS) is 13.9. The third kappa shape index (κ3) is 51.3. The van der Waals surface area contributed by atoms with Gasteiger partial charge in [-0.2, -0.15) is 0 Å². The summed E-state index contributed by atoms with van der Waals surface area (Å²) in [4.78, 5) is 23.0. The molecule has 0 aliphatic heterocycles. The second-order valence-electron chi connectivity index (χ2n) is 18.9. The molecule has 0 aromatic rings. The van der Waals surface area contributed by atoms with Crippen molar-refractivity contribution in [1.82, 2.24) is 0 Å². The van der Waals surface area contributed by atoms with Crippen molar-refractivity contribution in [3.05, 3.63) is 48.6 Å². The van der Waals surface area contributed by atoms with Crippen LogP contribution in [0.15, 0.2) is 48.6 Å². The number of unbranched alkanes of at least 4 members (excludes halogenated alkanes) is 27. The number of ether oxygens (including phenoxy) is 2. The number of nitrogens with zero attached hydrogens (tertiary/aromatic N) is 1. The summed E-state index contributed by atoms with van der Waals surface area (Å²) in [5, 5.41) is 0. The van der Waals surface area contributed by atoms with Crippen molar-refractivity contribution in [2.24, 2.45) is 0 Å². The average molecular weight is 909 g/mol. The van der Waals surface area contributed by atoms with Gasteiger partial charge in [0.1, 0.15) is 19.3 Å². The molecule has 0 aromatic heterocycles. The van der Waals surface area contributed by atoms with Crippen LogP contribution in [0.4, 0.5) is 0 Å². The molecule has 0 heterocycles. The third-order valence-corrected chi connectivity index (χ3v) is 12.3. The van der Waals surface area contributed by atoms with E-state index in [1.54, 1.807) is 0 Å². The summed E-state index contributed by atoms with van der Waals surface area (Å²) in [6, 6.07) is 0. The lowest BCUT2D eigenvalue weighted by Gasteiger charge is -2.24. The Bertz CT molecular complexity index is 1150. The SMILES string of the molecule is CCCCC/C=C\C/C=C\C/C=C\CCCCCCCCC(=O)OC(COCCCCCCCCCCCC/C=C\CCCCCCCCCC)COP(=O)(O)OCC[N+](C)(C)C. The van der Waals surface area contributed by atoms with Gasteiger partial charge in [-0.3, -0.25) is 13.8 Å². The average Bonchev–Trinajstić information content (AvgIpc) is 3.24. The lowest BCUT2D eigenvalue weighted by molar-refractivity contribution is -0.870. The molecule has 0 saturated carbocycles. The maximum Gasteiger partial charge on any atom is 0.472 e. The Morgan fingerprint density at radius 1 is 0.492 bits per heavy atom. The molecule has 370 valence electrons. The van der Waals surface area contributed by atoms with Crippen LogP contribution in [0.25, 0.3) is 0 Å². The van der Waals surface area contributed by atoms with Crippen molar-refractivity contribution in [2.45, 2.75) is 238 Å². The fourth-order valence-electron chi connectivity index (χ4n) is 7.26. The maximum atomic E-state index is 12.8. The van der Waals surface area contributed by atoms with Crippen LogP contribution in [0.1, 0.15) is 232 Å². The van der Waals surface area contributed by atoms with Gasteiger partial charge in [-0.05, 0) is 77.0 Å². The van der Waals surface area contributed by atoms with Gasteiger partial charge >= 0.3 is 13.8 Å². The van der Waals surface area contributed by atoms with Gasteiger partial charge in [0.2, 0.25) is 0 Å². The van der Waals surface area contributed by atoms with E-state index in [4.69, 9.17) is 18.5 Å². The number of quaternary nitrogens is 1. The van der Waals surface area contributed by atoms with Crippen LogP contribution >= 0.6 is 7.82 Å². The predicted octanol–water partition coefficient (Wildman–Crippen LogP) is 16.3. The quantitative estimate of drug-likeness (QED) is 0.0214. The Labute approximate surface area is 390 Å². The molecule has 63 heavy (non-hydrogen) atoms. The second kappa shape index (κ2) is 47.0. The molecule has 0 rings (SSSR count). The van der Waals surface area contributed by atoms with E-state index in [2.05, 4.69) is 62.5 Å². The van der Waals surface area contributed by atoms with Gasteiger partial charge in [0.15, 0.2) is 0 Å². The summed E-state index contributed by atoms with van der Waals surface area (Å²) < 4.78 is 35.2. The van der Waals surface area contributed by atoms with E-state index in [-0.39, 0.29) is 25.8 Å². The van der Waals surface area contributed by atoms with Gasteiger partial charge in [-0.15, -0.1) is 0 Å². The standard InChI is InChI=1S/C54H102NO7P/c1-6-8-10-12-14-16-18-20-22-24-26-27-28-30-32-34-36-38-40-42-44-46-49-59-51-53(52-61-63(57,58)60-50-48-55(3,4)5)62-54(56)47-45-43-41-39-37-35-33-31-29-25-23-21-19-17-15-13-11-9-7-2/h15,17,21,23-24,26,29,31,53H,6-14,16,18-20,22,25,27-28,30,32-52H2,1-5H3/p+1/b17-15-,23-21-,26-24-,31-29-. The van der Waals surface area contributed by atoms with Crippen LogP contribution < -0.4 is 0 Å². The number of phosphoric ester groups is 1. The van der Waals surface area contributed by atoms with Crippen molar-refractivity contribution in [3.63, 3.8) is 0 Å². The zero-order chi connectivity index (χ0) is 46.2. The third-order valence-electron chi connectivity index (χ3n) is 11.4. The summed E-state index contributed by atoms with van der Waals surface area (Å²) in [5.41, 5.74) is 0. The van der Waals surface area contributed by atoms with E-state index in [1.165, 1.54) is 154 Å². The van der Waals surface area contributed by atoms with Crippen LogP contribution in [-0.2, 0) is 27.9 Å². The minimum absolute atomic E-state index is 0.0847. The number of rotatable bonds is 49. The van der Waals surface area contributed by atoms with Crippen molar-refractivity contribution in [2.75, 3.05) is 54.1 Å². The minimum Gasteiger partial charge on any atom is -0.457 e. The smallest absolute Gasteiger partial charge is 0.457 e. The summed E-state index contributed by atoms with van der Waals surface area (Å²) in [5.74, 6) is -0.325. The van der Waals surface area contributed by atoms with E-state index >= 15 is 0 Å². The molecule has 0 aromatic carbocycles. The molecule has 8 nitrogen and oxygen atoms in total. The summed E-state index contributed by atoms with van der Waals surface area (Å²) >= 11 is 0. The zero-order valence-corrected chi connectivity index (χ0v) is 43.0. The molecule has 0 aliphatic rings. The van der Waals surface area contributed by atoms with Crippen LogP contribution in [0, 0.1) is 0 Å². The first-order valence-corrected chi connectivity index (χ1v) is 27.9. The van der Waals surface area contributed by atoms with Gasteiger partial charge in [-0.1, -0.05) is 197 Å². The Morgan fingerprint density at radius 2 is 0.873 bits per heavy atom. The fraction of sp³-hybridized carbons (Fsp3) is 0.833. The van der Waals surface area contributed by atoms with Gasteiger partial charge in [-0.25, -0.2) is 4.57 Å². The van der Waals surface area contributed by atoms with E-state index in [0.29, 0.717) is 24.1 Å². The number of hydrogen-bond donors (Lipinski definition) is 1. The molecule has 9 heteroatoms. The number of carbonyl (C=O) groups is 1. The van der Waals surface area contributed by atoms with Gasteiger partial charge in [0.25, 0.3) is 0 Å². The van der Waals surface area contributed by atoms with Crippen molar-refractivity contribution in [3.8, 4) is 0 Å². The summed E-state index contributed by atoms with van der Waals surface area (Å²) in [6.07, 6.45) is 58.7. The number of carbonyl (C=O) groups excluding carboxylic acids is 1. The molecule has 2 atom stereocenters. The molecular weight excluding hydrogens is 806 g/mol. The topological polar surface area (TPSA) is 91.3 Å². The first kappa shape index (κ1) is 61.5. The van der Waals surface area contributed by atoms with Crippen molar-refractivity contribution < 1.29 is 37.3 Å².